The van der Waals surface area contributed by atoms with Crippen molar-refractivity contribution in [3.63, 3.8) is 0 Å². The molecule has 0 aliphatic carbocycles. The van der Waals surface area contributed by atoms with Crippen LogP contribution in [0.5, 0.6) is 0 Å². The molecule has 54 valence electrons. The van der Waals surface area contributed by atoms with Crippen LogP contribution < -0.4 is 0 Å². The van der Waals surface area contributed by atoms with Gasteiger partial charge in [0.25, 0.3) is 0 Å². The van der Waals surface area contributed by atoms with E-state index in [9.17, 15) is 0 Å². The first kappa shape index (κ1) is 13.3. The third-order valence-corrected chi connectivity index (χ3v) is 1.59. The Labute approximate surface area is 84.8 Å². The van der Waals surface area contributed by atoms with E-state index >= 15 is 0 Å². The average molecular weight is 199 g/mol. The molecule has 0 rings (SSSR count). The summed E-state index contributed by atoms with van der Waals surface area (Å²) in [5, 5.41) is 0. The molecule has 1 unspecified atom stereocenters. The van der Waals surface area contributed by atoms with Crippen molar-refractivity contribution in [2.45, 2.75) is 20.0 Å². The molecule has 1 N–H and O–H groups in total. The van der Waals surface area contributed by atoms with Gasteiger partial charge in [0.05, 0.1) is 6.10 Å². The number of hydrogen-bond donors (Lipinski definition) is 2. The second-order valence-electron chi connectivity index (χ2n) is 1.64. The van der Waals surface area contributed by atoms with Crippen LogP contribution in [0.25, 0.3) is 0 Å². The molecule has 0 aromatic heterocycles. The SMILES string of the molecule is CC(C)OP(O)(=S)S.[H-].[H-].[Mg+2]. The minimum atomic E-state index is -2.69. The fraction of sp³-hybridized carbons (Fsp3) is 1.00. The minimum Gasteiger partial charge on any atom is -1.00 e. The van der Waals surface area contributed by atoms with Gasteiger partial charge >= 0.3 is 23.1 Å². The third kappa shape index (κ3) is 12.8. The van der Waals surface area contributed by atoms with Gasteiger partial charge in [-0.2, -0.15) is 0 Å². The second kappa shape index (κ2) is 5.35. The molecule has 0 spiro atoms. The Bertz CT molecular complexity index is 120. The molecule has 0 aliphatic heterocycles. The molecule has 0 bridgehead atoms. The van der Waals surface area contributed by atoms with Crippen LogP contribution in [0.15, 0.2) is 0 Å². The van der Waals surface area contributed by atoms with Crippen LogP contribution in [-0.4, -0.2) is 34.1 Å². The second-order valence-corrected chi connectivity index (χ2v) is 6.76. The van der Waals surface area contributed by atoms with Crippen molar-refractivity contribution in [3.8, 4) is 0 Å². The van der Waals surface area contributed by atoms with Crippen molar-refractivity contribution in [1.29, 1.82) is 0 Å². The summed E-state index contributed by atoms with van der Waals surface area (Å²) in [6, 6.07) is 0. The summed E-state index contributed by atoms with van der Waals surface area (Å²) in [5.41, 5.74) is -2.69. The van der Waals surface area contributed by atoms with Crippen LogP contribution in [0.4, 0.5) is 0 Å². The number of thiol groups is 1. The van der Waals surface area contributed by atoms with Crippen molar-refractivity contribution in [3.05, 3.63) is 0 Å². The molecular weight excluding hydrogens is 187 g/mol. The molecule has 0 radical (unpaired) electrons. The summed E-state index contributed by atoms with van der Waals surface area (Å²) in [5.74, 6) is 0. The van der Waals surface area contributed by atoms with Crippen LogP contribution >= 0.6 is 17.9 Å². The Hall–Kier alpha value is 1.69. The molecule has 0 amide bonds. The third-order valence-electron chi connectivity index (χ3n) is 0.348. The summed E-state index contributed by atoms with van der Waals surface area (Å²) in [4.78, 5) is 8.76. The van der Waals surface area contributed by atoms with Crippen LogP contribution in [0.2, 0.25) is 0 Å². The molecule has 2 nitrogen and oxygen atoms in total. The zero-order valence-electron chi connectivity index (χ0n) is 7.44. The monoisotopic (exact) mass is 198 g/mol. The average Bonchev–Trinajstić information content (AvgIpc) is 1.21. The Morgan fingerprint density at radius 1 is 1.78 bits per heavy atom. The van der Waals surface area contributed by atoms with Crippen LogP contribution in [-0.2, 0) is 16.3 Å². The van der Waals surface area contributed by atoms with Crippen molar-refractivity contribution < 1.29 is 12.3 Å². The molecule has 9 heavy (non-hydrogen) atoms. The first-order chi connectivity index (χ1) is 3.42. The standard InChI is InChI=1S/C3H9O2PS2.Mg.2H/c1-3(2)5-6(4,7)8;;;/h3H,1-2H3,(H2,4,7,8);;;/q;+2;2*-1. The van der Waals surface area contributed by atoms with Gasteiger partial charge in [0.15, 0.2) is 0 Å². The van der Waals surface area contributed by atoms with E-state index < -0.39 is 5.69 Å². The zero-order chi connectivity index (χ0) is 6.78. The van der Waals surface area contributed by atoms with E-state index in [0.717, 1.165) is 0 Å². The predicted octanol–water partition coefficient (Wildman–Crippen LogP) is 1.40. The van der Waals surface area contributed by atoms with Gasteiger partial charge in [-0.05, 0) is 25.7 Å². The van der Waals surface area contributed by atoms with Crippen molar-refractivity contribution >= 4 is 52.8 Å². The largest absolute Gasteiger partial charge is 2.00 e. The quantitative estimate of drug-likeness (QED) is 0.399. The van der Waals surface area contributed by atoms with Gasteiger partial charge in [-0.1, -0.05) is 12.2 Å². The van der Waals surface area contributed by atoms with Crippen molar-refractivity contribution in [2.24, 2.45) is 0 Å². The maximum Gasteiger partial charge on any atom is 2.00 e. The molecule has 0 heterocycles. The Morgan fingerprint density at radius 3 is 2.11 bits per heavy atom. The van der Waals surface area contributed by atoms with Gasteiger partial charge in [0, 0.05) is 0 Å². The number of rotatable bonds is 2. The van der Waals surface area contributed by atoms with Crippen molar-refractivity contribution in [2.75, 3.05) is 0 Å². The molecular formula is C3H11MgO2PS2. The van der Waals surface area contributed by atoms with E-state index in [4.69, 9.17) is 9.42 Å². The normalized spacial score (nSPS) is 16.6. The molecule has 0 aromatic rings. The summed E-state index contributed by atoms with van der Waals surface area (Å²) < 4.78 is 4.78. The summed E-state index contributed by atoms with van der Waals surface area (Å²) in [6.07, 6.45) is -0.0386. The predicted molar refractivity (Wildman–Crippen MR) is 49.7 cm³/mol. The fourth-order valence-corrected chi connectivity index (χ4v) is 1.91. The first-order valence-electron chi connectivity index (χ1n) is 2.16. The summed E-state index contributed by atoms with van der Waals surface area (Å²) in [7, 11) is 0. The summed E-state index contributed by atoms with van der Waals surface area (Å²) in [6.45, 7) is 3.60. The minimum absolute atomic E-state index is 0. The fourth-order valence-electron chi connectivity index (χ4n) is 0.275. The van der Waals surface area contributed by atoms with E-state index in [1.807, 2.05) is 0 Å². The summed E-state index contributed by atoms with van der Waals surface area (Å²) >= 11 is 8.12. The van der Waals surface area contributed by atoms with Gasteiger partial charge in [0.1, 0.15) is 0 Å². The van der Waals surface area contributed by atoms with Crippen LogP contribution in [0, 0.1) is 0 Å². The van der Waals surface area contributed by atoms with Gasteiger partial charge in [-0.15, -0.1) is 0 Å². The zero-order valence-corrected chi connectivity index (χ0v) is 9.46. The molecule has 0 aliphatic rings. The van der Waals surface area contributed by atoms with E-state index in [-0.39, 0.29) is 32.0 Å². The van der Waals surface area contributed by atoms with Crippen molar-refractivity contribution in [1.82, 2.24) is 0 Å². The molecule has 6 heteroatoms. The maximum atomic E-state index is 8.76. The molecule has 0 aromatic carbocycles. The van der Waals surface area contributed by atoms with E-state index in [2.05, 4.69) is 24.1 Å². The van der Waals surface area contributed by atoms with Gasteiger partial charge < -0.3 is 12.3 Å². The Kier molecular flexibility index (Phi) is 7.90. The van der Waals surface area contributed by atoms with Crippen LogP contribution in [0.1, 0.15) is 16.7 Å². The van der Waals surface area contributed by atoms with E-state index in [1.165, 1.54) is 0 Å². The number of hydrogen-bond acceptors (Lipinski definition) is 2. The molecule has 0 saturated heterocycles. The smallest absolute Gasteiger partial charge is 1.00 e. The van der Waals surface area contributed by atoms with Gasteiger partial charge in [0.2, 0.25) is 5.69 Å². The topological polar surface area (TPSA) is 29.5 Å². The molecule has 0 fully saturated rings. The molecule has 0 saturated carbocycles. The van der Waals surface area contributed by atoms with E-state index in [1.54, 1.807) is 13.8 Å². The van der Waals surface area contributed by atoms with E-state index in [0.29, 0.717) is 0 Å². The molecule has 1 atom stereocenters. The van der Waals surface area contributed by atoms with Crippen LogP contribution in [0.3, 0.4) is 0 Å². The Morgan fingerprint density at radius 2 is 2.11 bits per heavy atom. The first-order valence-corrected chi connectivity index (χ1v) is 5.98. The Balaban J connectivity index is -0.0000000817. The van der Waals surface area contributed by atoms with Gasteiger partial charge in [-0.3, -0.25) is 0 Å². The maximum absolute atomic E-state index is 8.76. The van der Waals surface area contributed by atoms with Gasteiger partial charge in [-0.25, -0.2) is 0 Å².